The number of carbonyl (C=O) groups is 1. The number of carbonyl (C=O) groups excluding carboxylic acids is 1. The largest absolute Gasteiger partial charge is 0.285 e. The van der Waals surface area contributed by atoms with E-state index in [4.69, 9.17) is 11.6 Å². The number of hydrogen-bond donors (Lipinski definition) is 0. The molecule has 8 heteroatoms. The topological polar surface area (TPSA) is 47.2 Å². The van der Waals surface area contributed by atoms with Crippen LogP contribution in [-0.4, -0.2) is 26.3 Å². The maximum absolute atomic E-state index is 12.0. The average Bonchev–Trinajstić information content (AvgIpc) is 3.21. The summed E-state index contributed by atoms with van der Waals surface area (Å²) in [4.78, 5) is 16.6. The summed E-state index contributed by atoms with van der Waals surface area (Å²) >= 11 is 12.5. The fraction of sp³-hybridized carbons (Fsp3) is 0.105. The van der Waals surface area contributed by atoms with Crippen LogP contribution in [0.4, 0.5) is 0 Å². The molecular weight excluding hydrogens is 466 g/mol. The number of halogens is 2. The van der Waals surface area contributed by atoms with Crippen molar-refractivity contribution in [3.05, 3.63) is 68.1 Å². The molecule has 136 valence electrons. The molecule has 0 atom stereocenters. The van der Waals surface area contributed by atoms with E-state index in [-0.39, 0.29) is 5.91 Å². The molecule has 0 spiro atoms. The number of hydrogen-bond acceptors (Lipinski definition) is 4. The van der Waals surface area contributed by atoms with Crippen LogP contribution in [-0.2, 0) is 11.3 Å². The third-order valence-corrected chi connectivity index (χ3v) is 7.02. The summed E-state index contributed by atoms with van der Waals surface area (Å²) < 4.78 is 3.69. The molecule has 1 aliphatic heterocycles. The minimum atomic E-state index is -0.173. The molecule has 27 heavy (non-hydrogen) atoms. The van der Waals surface area contributed by atoms with Gasteiger partial charge in [-0.3, -0.25) is 9.48 Å². The highest BCUT2D eigenvalue weighted by Gasteiger charge is 2.21. The Bertz CT molecular complexity index is 1120. The smallest absolute Gasteiger partial charge is 0.266 e. The monoisotopic (exact) mass is 477 g/mol. The first-order valence-electron chi connectivity index (χ1n) is 7.99. The van der Waals surface area contributed by atoms with Crippen molar-refractivity contribution in [3.8, 4) is 0 Å². The lowest BCUT2D eigenvalue weighted by atomic mass is 10.1. The van der Waals surface area contributed by atoms with Crippen LogP contribution in [0, 0.1) is 0 Å². The molecule has 2 aromatic carbocycles. The first-order chi connectivity index (χ1) is 13.0. The Kier molecular flexibility index (Phi) is 5.45. The number of aromatic nitrogens is 2. The predicted molar refractivity (Wildman–Crippen MR) is 120 cm³/mol. The summed E-state index contributed by atoms with van der Waals surface area (Å²) in [6.07, 6.45) is 5.64. The van der Waals surface area contributed by atoms with Crippen molar-refractivity contribution in [2.45, 2.75) is 6.54 Å². The highest BCUT2D eigenvalue weighted by atomic mass is 79.9. The van der Waals surface area contributed by atoms with Gasteiger partial charge in [0, 0.05) is 14.9 Å². The van der Waals surface area contributed by atoms with Crippen molar-refractivity contribution >= 4 is 78.3 Å². The molecule has 4 rings (SSSR count). The van der Waals surface area contributed by atoms with E-state index >= 15 is 0 Å². The Labute approximate surface area is 178 Å². The summed E-state index contributed by atoms with van der Waals surface area (Å²) in [5.74, 6) is -0.173. The zero-order valence-electron chi connectivity index (χ0n) is 14.1. The van der Waals surface area contributed by atoms with Crippen LogP contribution in [0.1, 0.15) is 11.1 Å². The molecule has 3 aromatic rings. The van der Waals surface area contributed by atoms with Crippen LogP contribution in [0.5, 0.6) is 0 Å². The number of nitrogens with zero attached hydrogens (tertiary/aromatic N) is 3. The Morgan fingerprint density at radius 3 is 2.89 bits per heavy atom. The maximum atomic E-state index is 12.0. The molecule has 0 unspecified atom stereocenters. The second-order valence-electron chi connectivity index (χ2n) is 5.85. The van der Waals surface area contributed by atoms with Crippen molar-refractivity contribution < 1.29 is 4.79 Å². The first-order valence-corrected chi connectivity index (χ1v) is 11.2. The number of rotatable bonds is 3. The van der Waals surface area contributed by atoms with Gasteiger partial charge >= 0.3 is 0 Å². The van der Waals surface area contributed by atoms with Gasteiger partial charge in [-0.05, 0) is 47.7 Å². The normalized spacial score (nSPS) is 15.7. The van der Waals surface area contributed by atoms with Crippen LogP contribution in [0.2, 0.25) is 5.02 Å². The van der Waals surface area contributed by atoms with E-state index in [1.165, 1.54) is 23.5 Å². The molecule has 0 saturated carbocycles. The highest BCUT2D eigenvalue weighted by Crippen LogP contribution is 2.33. The van der Waals surface area contributed by atoms with Gasteiger partial charge in [-0.15, -0.1) is 11.8 Å². The van der Waals surface area contributed by atoms with Gasteiger partial charge in [-0.1, -0.05) is 51.4 Å². The molecule has 0 aliphatic carbocycles. The Balaban J connectivity index is 1.61. The summed E-state index contributed by atoms with van der Waals surface area (Å²) in [6, 6.07) is 11.8. The number of aliphatic imine (C=N–C) groups is 1. The van der Waals surface area contributed by atoms with Gasteiger partial charge in [0.2, 0.25) is 0 Å². The van der Waals surface area contributed by atoms with Gasteiger partial charge in [0.15, 0.2) is 0 Å². The van der Waals surface area contributed by atoms with Crippen LogP contribution >= 0.6 is 51.1 Å². The van der Waals surface area contributed by atoms with Crippen LogP contribution in [0.25, 0.3) is 17.0 Å². The number of amides is 1. The molecular formula is C19H13BrClN3OS2. The minimum Gasteiger partial charge on any atom is -0.266 e. The van der Waals surface area contributed by atoms with E-state index < -0.39 is 0 Å². The fourth-order valence-electron chi connectivity index (χ4n) is 2.76. The van der Waals surface area contributed by atoms with Gasteiger partial charge < -0.3 is 0 Å². The summed E-state index contributed by atoms with van der Waals surface area (Å²) in [5.41, 5.74) is 3.10. The van der Waals surface area contributed by atoms with Crippen molar-refractivity contribution in [2.75, 3.05) is 6.26 Å². The maximum Gasteiger partial charge on any atom is 0.285 e. The van der Waals surface area contributed by atoms with Gasteiger partial charge in [0.25, 0.3) is 5.91 Å². The molecule has 2 heterocycles. The first kappa shape index (κ1) is 18.8. The zero-order chi connectivity index (χ0) is 19.0. The molecule has 4 nitrogen and oxygen atoms in total. The molecule has 0 bridgehead atoms. The molecule has 0 fully saturated rings. The standard InChI is InChI=1S/C19H13BrClN3OS2/c1-26-19-23-18(25)17(27-19)7-11-2-5-16-13(6-11)9-22-24(16)10-12-3-4-14(21)8-15(12)20/h2-9H,10H2,1H3. The zero-order valence-corrected chi connectivity index (χ0v) is 18.1. The fourth-order valence-corrected chi connectivity index (χ4v) is 4.99. The van der Waals surface area contributed by atoms with Crippen molar-refractivity contribution in [3.63, 3.8) is 0 Å². The van der Waals surface area contributed by atoms with Crippen molar-refractivity contribution in [2.24, 2.45) is 4.99 Å². The highest BCUT2D eigenvalue weighted by molar-refractivity contribution is 9.10. The number of benzene rings is 2. The Morgan fingerprint density at radius 1 is 1.30 bits per heavy atom. The van der Waals surface area contributed by atoms with E-state index in [2.05, 4.69) is 26.0 Å². The second kappa shape index (κ2) is 7.83. The van der Waals surface area contributed by atoms with Gasteiger partial charge in [0.05, 0.1) is 23.2 Å². The summed E-state index contributed by atoms with van der Waals surface area (Å²) in [6.45, 7) is 0.640. The van der Waals surface area contributed by atoms with E-state index in [0.717, 1.165) is 30.9 Å². The summed E-state index contributed by atoms with van der Waals surface area (Å²) in [7, 11) is 0. The SMILES string of the molecule is CSC1=NC(=O)C(=Cc2ccc3c(cnn3Cc3ccc(Cl)cc3Br)c2)S1. The molecule has 0 N–H and O–H groups in total. The van der Waals surface area contributed by atoms with E-state index in [9.17, 15) is 4.79 Å². The summed E-state index contributed by atoms with van der Waals surface area (Å²) in [5, 5.41) is 6.23. The van der Waals surface area contributed by atoms with Crippen LogP contribution in [0.15, 0.2) is 57.0 Å². The molecule has 1 amide bonds. The van der Waals surface area contributed by atoms with E-state index in [1.54, 1.807) is 0 Å². The van der Waals surface area contributed by atoms with Crippen molar-refractivity contribution in [1.82, 2.24) is 9.78 Å². The van der Waals surface area contributed by atoms with Crippen LogP contribution in [0.3, 0.4) is 0 Å². The number of fused-ring (bicyclic) bond motifs is 1. The average molecular weight is 479 g/mol. The molecule has 1 aliphatic rings. The lowest BCUT2D eigenvalue weighted by Crippen LogP contribution is -2.02. The van der Waals surface area contributed by atoms with E-state index in [0.29, 0.717) is 16.5 Å². The predicted octanol–water partition coefficient (Wildman–Crippen LogP) is 5.83. The lowest BCUT2D eigenvalue weighted by Gasteiger charge is -2.07. The third kappa shape index (κ3) is 4.01. The Morgan fingerprint density at radius 2 is 2.15 bits per heavy atom. The van der Waals surface area contributed by atoms with Gasteiger partial charge in [-0.25, -0.2) is 0 Å². The lowest BCUT2D eigenvalue weighted by molar-refractivity contribution is -0.113. The molecule has 1 aromatic heterocycles. The second-order valence-corrected chi connectivity index (χ2v) is 9.23. The van der Waals surface area contributed by atoms with Crippen LogP contribution < -0.4 is 0 Å². The minimum absolute atomic E-state index is 0.173. The van der Waals surface area contributed by atoms with Crippen molar-refractivity contribution in [1.29, 1.82) is 0 Å². The number of thioether (sulfide) groups is 2. The molecule has 0 radical (unpaired) electrons. The van der Waals surface area contributed by atoms with E-state index in [1.807, 2.05) is 59.6 Å². The van der Waals surface area contributed by atoms with Gasteiger partial charge in [-0.2, -0.15) is 10.1 Å². The quantitative estimate of drug-likeness (QED) is 0.444. The van der Waals surface area contributed by atoms with Gasteiger partial charge in [0.1, 0.15) is 4.38 Å². The third-order valence-electron chi connectivity index (χ3n) is 4.07. The Hall–Kier alpha value is -1.54. The molecule has 0 saturated heterocycles.